The van der Waals surface area contributed by atoms with E-state index in [9.17, 15) is 4.79 Å². The molecular formula is C19H29N3O2. The first-order chi connectivity index (χ1) is 11.7. The van der Waals surface area contributed by atoms with Crippen molar-refractivity contribution in [1.82, 2.24) is 9.80 Å². The Labute approximate surface area is 144 Å². The third-order valence-electron chi connectivity index (χ3n) is 5.30. The second-order valence-electron chi connectivity index (χ2n) is 7.01. The van der Waals surface area contributed by atoms with E-state index in [0.717, 1.165) is 57.8 Å². The fourth-order valence-corrected chi connectivity index (χ4v) is 3.85. The minimum atomic E-state index is 0.126. The maximum absolute atomic E-state index is 13.0. The molecule has 24 heavy (non-hydrogen) atoms. The monoisotopic (exact) mass is 331 g/mol. The molecule has 5 nitrogen and oxygen atoms in total. The Kier molecular flexibility index (Phi) is 5.87. The summed E-state index contributed by atoms with van der Waals surface area (Å²) in [4.78, 5) is 17.4. The second kappa shape index (κ2) is 8.10. The summed E-state index contributed by atoms with van der Waals surface area (Å²) in [5, 5.41) is 0. The molecule has 2 aliphatic heterocycles. The summed E-state index contributed by atoms with van der Waals surface area (Å²) in [7, 11) is 0. The number of carbonyl (C=O) groups excluding carboxylic acids is 1. The number of ether oxygens (including phenoxy) is 1. The van der Waals surface area contributed by atoms with E-state index in [1.807, 2.05) is 23.1 Å². The van der Waals surface area contributed by atoms with Crippen molar-refractivity contribution in [2.24, 2.45) is 11.7 Å². The highest BCUT2D eigenvalue weighted by atomic mass is 16.5. The van der Waals surface area contributed by atoms with Gasteiger partial charge in [0.2, 0.25) is 0 Å². The van der Waals surface area contributed by atoms with E-state index >= 15 is 0 Å². The fraction of sp³-hybridized carbons (Fsp3) is 0.632. The second-order valence-corrected chi connectivity index (χ2v) is 7.01. The molecule has 0 spiro atoms. The number of piperidine rings is 1. The Morgan fingerprint density at radius 3 is 2.83 bits per heavy atom. The third kappa shape index (κ3) is 3.97. The van der Waals surface area contributed by atoms with E-state index < -0.39 is 0 Å². The number of nitrogens with two attached hydrogens (primary N) is 1. The number of amides is 1. The quantitative estimate of drug-likeness (QED) is 0.913. The van der Waals surface area contributed by atoms with Gasteiger partial charge in [-0.15, -0.1) is 0 Å². The number of hydrogen-bond donors (Lipinski definition) is 1. The smallest absolute Gasteiger partial charge is 0.254 e. The van der Waals surface area contributed by atoms with Crippen LogP contribution >= 0.6 is 0 Å². The van der Waals surface area contributed by atoms with Crippen molar-refractivity contribution in [2.75, 3.05) is 39.4 Å². The molecule has 2 unspecified atom stereocenters. The van der Waals surface area contributed by atoms with E-state index in [1.165, 1.54) is 5.56 Å². The van der Waals surface area contributed by atoms with Crippen molar-refractivity contribution in [3.63, 3.8) is 0 Å². The van der Waals surface area contributed by atoms with E-state index in [1.54, 1.807) is 0 Å². The van der Waals surface area contributed by atoms with Crippen LogP contribution in [-0.4, -0.2) is 61.1 Å². The van der Waals surface area contributed by atoms with Gasteiger partial charge in [0.1, 0.15) is 0 Å². The molecule has 0 radical (unpaired) electrons. The molecule has 2 N–H and O–H groups in total. The van der Waals surface area contributed by atoms with Crippen molar-refractivity contribution in [2.45, 2.75) is 32.4 Å². The Morgan fingerprint density at radius 2 is 2.08 bits per heavy atom. The zero-order valence-corrected chi connectivity index (χ0v) is 14.6. The number of likely N-dealkylation sites (tertiary alicyclic amines) is 1. The average molecular weight is 331 g/mol. The summed E-state index contributed by atoms with van der Waals surface area (Å²) in [6.45, 7) is 7.94. The third-order valence-corrected chi connectivity index (χ3v) is 5.30. The summed E-state index contributed by atoms with van der Waals surface area (Å²) < 4.78 is 5.40. The van der Waals surface area contributed by atoms with Crippen LogP contribution in [0.15, 0.2) is 24.3 Å². The lowest BCUT2D eigenvalue weighted by molar-refractivity contribution is 0.0341. The number of morpholine rings is 1. The van der Waals surface area contributed by atoms with Crippen molar-refractivity contribution in [1.29, 1.82) is 0 Å². The SMILES string of the molecule is CC1CCCN(C(=O)c2cccc(CN3CCOCC3)c2)C1CN. The lowest BCUT2D eigenvalue weighted by Gasteiger charge is -2.39. The summed E-state index contributed by atoms with van der Waals surface area (Å²) in [6, 6.07) is 8.23. The molecule has 2 aliphatic rings. The standard InChI is InChI=1S/C19H29N3O2/c1-15-4-3-7-22(18(15)13-20)19(23)17-6-2-5-16(12-17)14-21-8-10-24-11-9-21/h2,5-6,12,15,18H,3-4,7-11,13-14,20H2,1H3. The van der Waals surface area contributed by atoms with Crippen LogP contribution in [0.25, 0.3) is 0 Å². The molecular weight excluding hydrogens is 302 g/mol. The lowest BCUT2D eigenvalue weighted by Crippen LogP contribution is -2.51. The molecule has 0 aliphatic carbocycles. The summed E-state index contributed by atoms with van der Waals surface area (Å²) in [6.07, 6.45) is 2.22. The molecule has 132 valence electrons. The van der Waals surface area contributed by atoms with E-state index in [4.69, 9.17) is 10.5 Å². The predicted octanol–water partition coefficient (Wildman–Crippen LogP) is 1.72. The molecule has 5 heteroatoms. The molecule has 1 aromatic carbocycles. The summed E-state index contributed by atoms with van der Waals surface area (Å²) in [5.41, 5.74) is 7.92. The van der Waals surface area contributed by atoms with Gasteiger partial charge in [-0.2, -0.15) is 0 Å². The first kappa shape index (κ1) is 17.4. The molecule has 0 aromatic heterocycles. The normalized spacial score (nSPS) is 25.7. The highest BCUT2D eigenvalue weighted by Crippen LogP contribution is 2.24. The van der Waals surface area contributed by atoms with Crippen LogP contribution < -0.4 is 5.73 Å². The molecule has 2 atom stereocenters. The van der Waals surface area contributed by atoms with Crippen molar-refractivity contribution in [3.8, 4) is 0 Å². The zero-order valence-electron chi connectivity index (χ0n) is 14.6. The molecule has 2 heterocycles. The first-order valence-corrected chi connectivity index (χ1v) is 9.09. The van der Waals surface area contributed by atoms with Gasteiger partial charge in [-0.1, -0.05) is 19.1 Å². The van der Waals surface area contributed by atoms with Gasteiger partial charge < -0.3 is 15.4 Å². The molecule has 1 amide bonds. The minimum absolute atomic E-state index is 0.126. The lowest BCUT2D eigenvalue weighted by atomic mass is 9.90. The maximum atomic E-state index is 13.0. The first-order valence-electron chi connectivity index (χ1n) is 9.09. The van der Waals surface area contributed by atoms with Crippen LogP contribution in [0.2, 0.25) is 0 Å². The number of benzene rings is 1. The van der Waals surface area contributed by atoms with Gasteiger partial charge in [-0.3, -0.25) is 9.69 Å². The molecule has 2 saturated heterocycles. The number of carbonyl (C=O) groups is 1. The average Bonchev–Trinajstić information content (AvgIpc) is 2.62. The Bertz CT molecular complexity index is 557. The van der Waals surface area contributed by atoms with Crippen LogP contribution in [-0.2, 0) is 11.3 Å². The van der Waals surface area contributed by atoms with E-state index in [0.29, 0.717) is 12.5 Å². The van der Waals surface area contributed by atoms with Crippen molar-refractivity contribution >= 4 is 5.91 Å². The van der Waals surface area contributed by atoms with E-state index in [2.05, 4.69) is 17.9 Å². The van der Waals surface area contributed by atoms with Crippen molar-refractivity contribution < 1.29 is 9.53 Å². The highest BCUT2D eigenvalue weighted by Gasteiger charge is 2.31. The number of rotatable bonds is 4. The van der Waals surface area contributed by atoms with Gasteiger partial charge in [0.15, 0.2) is 0 Å². The fourth-order valence-electron chi connectivity index (χ4n) is 3.85. The van der Waals surface area contributed by atoms with Crippen molar-refractivity contribution in [3.05, 3.63) is 35.4 Å². The van der Waals surface area contributed by atoms with Crippen LogP contribution in [0, 0.1) is 5.92 Å². The summed E-state index contributed by atoms with van der Waals surface area (Å²) in [5.74, 6) is 0.602. The molecule has 1 aromatic rings. The highest BCUT2D eigenvalue weighted by molar-refractivity contribution is 5.94. The Balaban J connectivity index is 1.71. The van der Waals surface area contributed by atoms with E-state index in [-0.39, 0.29) is 11.9 Å². The number of hydrogen-bond acceptors (Lipinski definition) is 4. The zero-order chi connectivity index (χ0) is 16.9. The Morgan fingerprint density at radius 1 is 1.29 bits per heavy atom. The number of nitrogens with zero attached hydrogens (tertiary/aromatic N) is 2. The van der Waals surface area contributed by atoms with Gasteiger partial charge in [0, 0.05) is 44.3 Å². The summed E-state index contributed by atoms with van der Waals surface area (Å²) >= 11 is 0. The Hall–Kier alpha value is -1.43. The largest absolute Gasteiger partial charge is 0.379 e. The van der Waals surface area contributed by atoms with Crippen LogP contribution in [0.4, 0.5) is 0 Å². The molecule has 0 saturated carbocycles. The maximum Gasteiger partial charge on any atom is 0.254 e. The van der Waals surface area contributed by atoms with Gasteiger partial charge in [0.25, 0.3) is 5.91 Å². The van der Waals surface area contributed by atoms with Gasteiger partial charge >= 0.3 is 0 Å². The van der Waals surface area contributed by atoms with Crippen LogP contribution in [0.1, 0.15) is 35.7 Å². The molecule has 0 bridgehead atoms. The predicted molar refractivity (Wildman–Crippen MR) is 94.8 cm³/mol. The minimum Gasteiger partial charge on any atom is -0.379 e. The topological polar surface area (TPSA) is 58.8 Å². The molecule has 3 rings (SSSR count). The van der Waals surface area contributed by atoms with Gasteiger partial charge in [-0.05, 0) is 36.5 Å². The van der Waals surface area contributed by atoms with Gasteiger partial charge in [0.05, 0.1) is 13.2 Å². The van der Waals surface area contributed by atoms with Crippen LogP contribution in [0.3, 0.4) is 0 Å². The van der Waals surface area contributed by atoms with Crippen LogP contribution in [0.5, 0.6) is 0 Å². The molecule has 2 fully saturated rings. The van der Waals surface area contributed by atoms with Gasteiger partial charge in [-0.25, -0.2) is 0 Å².